The Balaban J connectivity index is 2.08. The molecule has 1 fully saturated rings. The highest BCUT2D eigenvalue weighted by Gasteiger charge is 2.25. The molecule has 1 aliphatic heterocycles. The SMILES string of the molecule is COC(=O)c1scc(C)c1NC(=O)C(C)N1CCNCC1. The molecular weight excluding hydrogens is 290 g/mol. The van der Waals surface area contributed by atoms with E-state index in [2.05, 4.69) is 15.5 Å². The molecule has 2 rings (SSSR count). The van der Waals surface area contributed by atoms with E-state index in [0.29, 0.717) is 10.6 Å². The third kappa shape index (κ3) is 3.61. The normalized spacial score (nSPS) is 17.3. The van der Waals surface area contributed by atoms with E-state index in [1.54, 1.807) is 0 Å². The molecule has 0 bridgehead atoms. The molecule has 1 aliphatic rings. The first-order valence-corrected chi connectivity index (χ1v) is 7.84. The van der Waals surface area contributed by atoms with Crippen molar-refractivity contribution >= 4 is 28.9 Å². The first-order valence-electron chi connectivity index (χ1n) is 6.96. The van der Waals surface area contributed by atoms with Crippen molar-refractivity contribution in [2.24, 2.45) is 0 Å². The number of piperazine rings is 1. The third-order valence-electron chi connectivity index (χ3n) is 3.67. The van der Waals surface area contributed by atoms with Crippen molar-refractivity contribution in [1.29, 1.82) is 0 Å². The van der Waals surface area contributed by atoms with E-state index in [1.165, 1.54) is 18.4 Å². The molecule has 116 valence electrons. The molecule has 6 nitrogen and oxygen atoms in total. The summed E-state index contributed by atoms with van der Waals surface area (Å²) < 4.78 is 4.75. The number of amides is 1. The Morgan fingerprint density at radius 3 is 2.71 bits per heavy atom. The molecule has 1 amide bonds. The molecule has 0 saturated carbocycles. The number of aryl methyl sites for hydroxylation is 1. The van der Waals surface area contributed by atoms with Crippen LogP contribution in [0.3, 0.4) is 0 Å². The molecule has 7 heteroatoms. The Labute approximate surface area is 128 Å². The Kier molecular flexibility index (Phi) is 5.33. The van der Waals surface area contributed by atoms with Crippen LogP contribution in [0, 0.1) is 6.92 Å². The molecule has 1 atom stereocenters. The average molecular weight is 311 g/mol. The van der Waals surface area contributed by atoms with Crippen molar-refractivity contribution in [3.63, 3.8) is 0 Å². The van der Waals surface area contributed by atoms with Crippen molar-refractivity contribution in [2.75, 3.05) is 38.6 Å². The second-order valence-corrected chi connectivity index (χ2v) is 5.95. The van der Waals surface area contributed by atoms with Gasteiger partial charge in [-0.3, -0.25) is 9.69 Å². The minimum atomic E-state index is -0.418. The Hall–Kier alpha value is -1.44. The first kappa shape index (κ1) is 15.9. The number of nitrogens with zero attached hydrogens (tertiary/aromatic N) is 1. The van der Waals surface area contributed by atoms with Gasteiger partial charge in [0.2, 0.25) is 5.91 Å². The molecular formula is C14H21N3O3S. The zero-order chi connectivity index (χ0) is 15.4. The molecule has 0 aliphatic carbocycles. The summed E-state index contributed by atoms with van der Waals surface area (Å²) in [5.74, 6) is -0.512. The van der Waals surface area contributed by atoms with Gasteiger partial charge >= 0.3 is 5.97 Å². The fraction of sp³-hybridized carbons (Fsp3) is 0.571. The highest BCUT2D eigenvalue weighted by atomic mass is 32.1. The van der Waals surface area contributed by atoms with Crippen molar-refractivity contribution in [2.45, 2.75) is 19.9 Å². The van der Waals surface area contributed by atoms with Gasteiger partial charge in [0.1, 0.15) is 4.88 Å². The third-order valence-corrected chi connectivity index (χ3v) is 4.75. The van der Waals surface area contributed by atoms with Gasteiger partial charge < -0.3 is 15.4 Å². The van der Waals surface area contributed by atoms with E-state index < -0.39 is 5.97 Å². The summed E-state index contributed by atoms with van der Waals surface area (Å²) >= 11 is 1.29. The van der Waals surface area contributed by atoms with E-state index in [1.807, 2.05) is 19.2 Å². The molecule has 0 aromatic carbocycles. The number of esters is 1. The van der Waals surface area contributed by atoms with Crippen molar-refractivity contribution < 1.29 is 14.3 Å². The molecule has 1 aromatic rings. The lowest BCUT2D eigenvalue weighted by Crippen LogP contribution is -2.51. The number of hydrogen-bond donors (Lipinski definition) is 2. The van der Waals surface area contributed by atoms with Crippen LogP contribution >= 0.6 is 11.3 Å². The molecule has 2 heterocycles. The number of rotatable bonds is 4. The second-order valence-electron chi connectivity index (χ2n) is 5.07. The zero-order valence-corrected chi connectivity index (χ0v) is 13.4. The lowest BCUT2D eigenvalue weighted by atomic mass is 10.2. The van der Waals surface area contributed by atoms with Crippen molar-refractivity contribution in [1.82, 2.24) is 10.2 Å². The maximum absolute atomic E-state index is 12.4. The van der Waals surface area contributed by atoms with Crippen LogP contribution in [-0.4, -0.2) is 56.1 Å². The Morgan fingerprint density at radius 1 is 1.43 bits per heavy atom. The summed E-state index contributed by atoms with van der Waals surface area (Å²) in [6.07, 6.45) is 0. The molecule has 1 unspecified atom stereocenters. The number of anilines is 1. The van der Waals surface area contributed by atoms with Crippen LogP contribution in [0.15, 0.2) is 5.38 Å². The predicted molar refractivity (Wildman–Crippen MR) is 82.9 cm³/mol. The van der Waals surface area contributed by atoms with Gasteiger partial charge in [-0.25, -0.2) is 4.79 Å². The van der Waals surface area contributed by atoms with Gasteiger partial charge in [0.05, 0.1) is 18.8 Å². The lowest BCUT2D eigenvalue weighted by molar-refractivity contribution is -0.120. The maximum Gasteiger partial charge on any atom is 0.350 e. The fourth-order valence-electron chi connectivity index (χ4n) is 2.31. The van der Waals surface area contributed by atoms with E-state index in [4.69, 9.17) is 4.74 Å². The smallest absolute Gasteiger partial charge is 0.350 e. The predicted octanol–water partition coefficient (Wildman–Crippen LogP) is 1.08. The minimum absolute atomic E-state index is 0.0939. The number of nitrogens with one attached hydrogen (secondary N) is 2. The highest BCUT2D eigenvalue weighted by molar-refractivity contribution is 7.12. The van der Waals surface area contributed by atoms with Crippen LogP contribution in [0.2, 0.25) is 0 Å². The number of methoxy groups -OCH3 is 1. The summed E-state index contributed by atoms with van der Waals surface area (Å²) in [4.78, 5) is 26.7. The van der Waals surface area contributed by atoms with Gasteiger partial charge in [0, 0.05) is 26.2 Å². The van der Waals surface area contributed by atoms with Crippen molar-refractivity contribution in [3.05, 3.63) is 15.8 Å². The van der Waals surface area contributed by atoms with E-state index in [0.717, 1.165) is 31.7 Å². The monoisotopic (exact) mass is 311 g/mol. The maximum atomic E-state index is 12.4. The standard InChI is InChI=1S/C14H21N3O3S/c1-9-8-21-12(14(19)20-3)11(9)16-13(18)10(2)17-6-4-15-5-7-17/h8,10,15H,4-7H2,1-3H3,(H,16,18). The lowest BCUT2D eigenvalue weighted by Gasteiger charge is -2.31. The second kappa shape index (κ2) is 7.02. The van der Waals surface area contributed by atoms with Gasteiger partial charge in [0.25, 0.3) is 0 Å². The topological polar surface area (TPSA) is 70.7 Å². The van der Waals surface area contributed by atoms with Crippen LogP contribution < -0.4 is 10.6 Å². The largest absolute Gasteiger partial charge is 0.465 e. The van der Waals surface area contributed by atoms with E-state index >= 15 is 0 Å². The van der Waals surface area contributed by atoms with Crippen LogP contribution in [0.5, 0.6) is 0 Å². The average Bonchev–Trinajstić information content (AvgIpc) is 2.87. The van der Waals surface area contributed by atoms with Crippen LogP contribution in [0.1, 0.15) is 22.2 Å². The number of carbonyl (C=O) groups is 2. The van der Waals surface area contributed by atoms with Crippen LogP contribution in [-0.2, 0) is 9.53 Å². The highest BCUT2D eigenvalue weighted by Crippen LogP contribution is 2.28. The molecule has 1 saturated heterocycles. The van der Waals surface area contributed by atoms with Gasteiger partial charge in [-0.15, -0.1) is 11.3 Å². The summed E-state index contributed by atoms with van der Waals surface area (Å²) in [7, 11) is 1.34. The van der Waals surface area contributed by atoms with Gasteiger partial charge in [0.15, 0.2) is 0 Å². The molecule has 2 N–H and O–H groups in total. The number of thiophene rings is 1. The molecule has 0 spiro atoms. The van der Waals surface area contributed by atoms with Crippen molar-refractivity contribution in [3.8, 4) is 0 Å². The number of ether oxygens (including phenoxy) is 1. The van der Waals surface area contributed by atoms with Crippen LogP contribution in [0.25, 0.3) is 0 Å². The first-order chi connectivity index (χ1) is 10.0. The summed E-state index contributed by atoms with van der Waals surface area (Å²) in [5, 5.41) is 7.99. The van der Waals surface area contributed by atoms with Gasteiger partial charge in [-0.05, 0) is 24.8 Å². The van der Waals surface area contributed by atoms with Gasteiger partial charge in [-0.1, -0.05) is 0 Å². The number of hydrogen-bond acceptors (Lipinski definition) is 6. The zero-order valence-electron chi connectivity index (χ0n) is 12.6. The van der Waals surface area contributed by atoms with E-state index in [9.17, 15) is 9.59 Å². The molecule has 21 heavy (non-hydrogen) atoms. The Bertz CT molecular complexity index is 524. The summed E-state index contributed by atoms with van der Waals surface area (Å²) in [6.45, 7) is 7.24. The fourth-order valence-corrected chi connectivity index (χ4v) is 3.23. The Morgan fingerprint density at radius 2 is 2.10 bits per heavy atom. The minimum Gasteiger partial charge on any atom is -0.465 e. The molecule has 1 aromatic heterocycles. The number of carbonyl (C=O) groups excluding carboxylic acids is 2. The molecule has 0 radical (unpaired) electrons. The summed E-state index contributed by atoms with van der Waals surface area (Å²) in [5.41, 5.74) is 1.44. The summed E-state index contributed by atoms with van der Waals surface area (Å²) in [6, 6.07) is -0.225. The quantitative estimate of drug-likeness (QED) is 0.814. The van der Waals surface area contributed by atoms with Gasteiger partial charge in [-0.2, -0.15) is 0 Å². The van der Waals surface area contributed by atoms with E-state index in [-0.39, 0.29) is 11.9 Å². The van der Waals surface area contributed by atoms with Crippen LogP contribution in [0.4, 0.5) is 5.69 Å².